The van der Waals surface area contributed by atoms with Crippen molar-refractivity contribution in [3.8, 4) is 0 Å². The van der Waals surface area contributed by atoms with Gasteiger partial charge in [-0.2, -0.15) is 0 Å². The van der Waals surface area contributed by atoms with Crippen LogP contribution >= 0.6 is 28.6 Å². The minimum atomic E-state index is 0.137. The standard InChI is InChI=1S/C9H9BrOS/c1-2-9(11)7-5-6(12)3-4-8(7)10/h3-5,12H,2H2,1H3. The molecule has 3 heteroatoms. The average molecular weight is 245 g/mol. The Kier molecular flexibility index (Phi) is 3.35. The van der Waals surface area contributed by atoms with E-state index in [0.717, 1.165) is 9.37 Å². The van der Waals surface area contributed by atoms with Crippen LogP contribution in [0.3, 0.4) is 0 Å². The van der Waals surface area contributed by atoms with Gasteiger partial charge in [0.2, 0.25) is 0 Å². The normalized spacial score (nSPS) is 9.92. The molecule has 64 valence electrons. The summed E-state index contributed by atoms with van der Waals surface area (Å²) in [4.78, 5) is 12.1. The van der Waals surface area contributed by atoms with Crippen LogP contribution in [0.15, 0.2) is 27.6 Å². The van der Waals surface area contributed by atoms with E-state index in [1.165, 1.54) is 0 Å². The van der Waals surface area contributed by atoms with Crippen molar-refractivity contribution in [3.63, 3.8) is 0 Å². The fraction of sp³-hybridized carbons (Fsp3) is 0.222. The second kappa shape index (κ2) is 4.10. The first-order valence-electron chi connectivity index (χ1n) is 3.67. The highest BCUT2D eigenvalue weighted by Gasteiger charge is 2.07. The van der Waals surface area contributed by atoms with E-state index < -0.39 is 0 Å². The van der Waals surface area contributed by atoms with Crippen LogP contribution in [0.2, 0.25) is 0 Å². The average Bonchev–Trinajstić information content (AvgIpc) is 2.08. The Balaban J connectivity index is 3.13. The molecule has 0 aliphatic carbocycles. The largest absolute Gasteiger partial charge is 0.294 e. The maximum atomic E-state index is 11.3. The van der Waals surface area contributed by atoms with Crippen LogP contribution in [0.4, 0.5) is 0 Å². The van der Waals surface area contributed by atoms with E-state index in [1.54, 1.807) is 6.07 Å². The Morgan fingerprint density at radius 1 is 1.58 bits per heavy atom. The molecule has 0 saturated heterocycles. The molecule has 0 radical (unpaired) electrons. The monoisotopic (exact) mass is 244 g/mol. The quantitative estimate of drug-likeness (QED) is 0.624. The predicted molar refractivity (Wildman–Crippen MR) is 56.0 cm³/mol. The summed E-state index contributed by atoms with van der Waals surface area (Å²) in [6.07, 6.45) is 0.524. The highest BCUT2D eigenvalue weighted by Crippen LogP contribution is 2.21. The molecule has 0 aromatic heterocycles. The van der Waals surface area contributed by atoms with Crippen LogP contribution in [-0.4, -0.2) is 5.78 Å². The predicted octanol–water partition coefficient (Wildman–Crippen LogP) is 3.33. The van der Waals surface area contributed by atoms with Crippen LogP contribution < -0.4 is 0 Å². The maximum absolute atomic E-state index is 11.3. The lowest BCUT2D eigenvalue weighted by atomic mass is 10.1. The lowest BCUT2D eigenvalue weighted by Crippen LogP contribution is -1.97. The number of benzene rings is 1. The van der Waals surface area contributed by atoms with Crippen molar-refractivity contribution >= 4 is 34.3 Å². The first kappa shape index (κ1) is 9.81. The van der Waals surface area contributed by atoms with Gasteiger partial charge in [0, 0.05) is 21.4 Å². The van der Waals surface area contributed by atoms with Gasteiger partial charge in [0.25, 0.3) is 0 Å². The van der Waals surface area contributed by atoms with Crippen LogP contribution in [0.1, 0.15) is 23.7 Å². The third kappa shape index (κ3) is 2.11. The molecule has 1 nitrogen and oxygen atoms in total. The third-order valence-corrected chi connectivity index (χ3v) is 2.54. The number of carbonyl (C=O) groups excluding carboxylic acids is 1. The van der Waals surface area contributed by atoms with Gasteiger partial charge < -0.3 is 0 Å². The van der Waals surface area contributed by atoms with E-state index in [-0.39, 0.29) is 5.78 Å². The molecule has 12 heavy (non-hydrogen) atoms. The van der Waals surface area contributed by atoms with Crippen molar-refractivity contribution in [2.24, 2.45) is 0 Å². The number of carbonyl (C=O) groups is 1. The van der Waals surface area contributed by atoms with Crippen molar-refractivity contribution in [2.75, 3.05) is 0 Å². The molecular weight excluding hydrogens is 236 g/mol. The second-order valence-corrected chi connectivity index (χ2v) is 3.81. The van der Waals surface area contributed by atoms with E-state index in [1.807, 2.05) is 19.1 Å². The Morgan fingerprint density at radius 3 is 2.83 bits per heavy atom. The fourth-order valence-electron chi connectivity index (χ4n) is 0.917. The smallest absolute Gasteiger partial charge is 0.163 e. The molecule has 0 unspecified atom stereocenters. The van der Waals surface area contributed by atoms with Crippen LogP contribution in [0.25, 0.3) is 0 Å². The van der Waals surface area contributed by atoms with Gasteiger partial charge >= 0.3 is 0 Å². The molecule has 1 aromatic carbocycles. The molecule has 0 N–H and O–H groups in total. The van der Waals surface area contributed by atoms with Gasteiger partial charge in [-0.25, -0.2) is 0 Å². The minimum Gasteiger partial charge on any atom is -0.294 e. The number of hydrogen-bond acceptors (Lipinski definition) is 2. The molecular formula is C9H9BrOS. The zero-order valence-corrected chi connectivity index (χ0v) is 9.15. The number of rotatable bonds is 2. The third-order valence-electron chi connectivity index (χ3n) is 1.57. The minimum absolute atomic E-state index is 0.137. The SMILES string of the molecule is CCC(=O)c1cc(S)ccc1Br. The summed E-state index contributed by atoms with van der Waals surface area (Å²) in [5.41, 5.74) is 0.713. The van der Waals surface area contributed by atoms with Gasteiger partial charge in [-0.15, -0.1) is 12.6 Å². The molecule has 0 fully saturated rings. The molecule has 0 saturated carbocycles. The summed E-state index contributed by atoms with van der Waals surface area (Å²) in [6.45, 7) is 1.85. The Morgan fingerprint density at radius 2 is 2.25 bits per heavy atom. The van der Waals surface area contributed by atoms with Crippen LogP contribution in [0, 0.1) is 0 Å². The molecule has 0 heterocycles. The molecule has 0 atom stereocenters. The highest BCUT2D eigenvalue weighted by molar-refractivity contribution is 9.10. The molecule has 0 aliphatic rings. The fourth-order valence-corrected chi connectivity index (χ4v) is 1.59. The Labute approximate surface area is 85.7 Å². The first-order valence-corrected chi connectivity index (χ1v) is 4.91. The van der Waals surface area contributed by atoms with Gasteiger partial charge in [-0.1, -0.05) is 22.9 Å². The van der Waals surface area contributed by atoms with Crippen molar-refractivity contribution in [1.29, 1.82) is 0 Å². The maximum Gasteiger partial charge on any atom is 0.163 e. The summed E-state index contributed by atoms with van der Waals surface area (Å²) < 4.78 is 0.840. The number of thiol groups is 1. The van der Waals surface area contributed by atoms with Gasteiger partial charge in [-0.3, -0.25) is 4.79 Å². The summed E-state index contributed by atoms with van der Waals surface area (Å²) in [7, 11) is 0. The number of halogens is 1. The second-order valence-electron chi connectivity index (χ2n) is 2.44. The summed E-state index contributed by atoms with van der Waals surface area (Å²) in [6, 6.07) is 5.46. The van der Waals surface area contributed by atoms with Gasteiger partial charge in [-0.05, 0) is 18.2 Å². The summed E-state index contributed by atoms with van der Waals surface area (Å²) >= 11 is 7.48. The summed E-state index contributed by atoms with van der Waals surface area (Å²) in [5, 5.41) is 0. The molecule has 0 aliphatic heterocycles. The molecule has 0 bridgehead atoms. The van der Waals surface area contributed by atoms with Crippen LogP contribution in [0.5, 0.6) is 0 Å². The number of Topliss-reactive ketones (excluding diaryl/α,β-unsaturated/α-hetero) is 1. The highest BCUT2D eigenvalue weighted by atomic mass is 79.9. The van der Waals surface area contributed by atoms with E-state index in [9.17, 15) is 4.79 Å². The Hall–Kier alpha value is -0.280. The van der Waals surface area contributed by atoms with Crippen molar-refractivity contribution in [1.82, 2.24) is 0 Å². The first-order chi connectivity index (χ1) is 5.65. The van der Waals surface area contributed by atoms with E-state index in [0.29, 0.717) is 12.0 Å². The molecule has 1 rings (SSSR count). The van der Waals surface area contributed by atoms with Gasteiger partial charge in [0.05, 0.1) is 0 Å². The topological polar surface area (TPSA) is 17.1 Å². The lowest BCUT2D eigenvalue weighted by molar-refractivity contribution is 0.0987. The van der Waals surface area contributed by atoms with E-state index in [4.69, 9.17) is 0 Å². The zero-order valence-electron chi connectivity index (χ0n) is 6.67. The number of hydrogen-bond donors (Lipinski definition) is 1. The van der Waals surface area contributed by atoms with Gasteiger partial charge in [0.1, 0.15) is 0 Å². The molecule has 0 amide bonds. The van der Waals surface area contributed by atoms with Crippen molar-refractivity contribution in [3.05, 3.63) is 28.2 Å². The number of ketones is 1. The molecule has 0 spiro atoms. The van der Waals surface area contributed by atoms with E-state index in [2.05, 4.69) is 28.6 Å². The zero-order chi connectivity index (χ0) is 9.14. The summed E-state index contributed by atoms with van der Waals surface area (Å²) in [5.74, 6) is 0.137. The lowest BCUT2D eigenvalue weighted by Gasteiger charge is -2.01. The Bertz CT molecular complexity index is 309. The van der Waals surface area contributed by atoms with Gasteiger partial charge in [0.15, 0.2) is 5.78 Å². The van der Waals surface area contributed by atoms with Crippen molar-refractivity contribution < 1.29 is 4.79 Å². The molecule has 1 aromatic rings. The van der Waals surface area contributed by atoms with E-state index >= 15 is 0 Å². The van der Waals surface area contributed by atoms with Crippen molar-refractivity contribution in [2.45, 2.75) is 18.2 Å². The van der Waals surface area contributed by atoms with Crippen LogP contribution in [-0.2, 0) is 0 Å².